The van der Waals surface area contributed by atoms with Crippen molar-refractivity contribution < 1.29 is 14.7 Å². The summed E-state index contributed by atoms with van der Waals surface area (Å²) in [6.07, 6.45) is 1.06. The number of urea groups is 1. The summed E-state index contributed by atoms with van der Waals surface area (Å²) >= 11 is 0. The topological polar surface area (TPSA) is 60.9 Å². The average Bonchev–Trinajstić information content (AvgIpc) is 2.17. The Bertz CT molecular complexity index is 268. The smallest absolute Gasteiger partial charge is 0.319 e. The number of likely N-dealkylation sites (tertiary alicyclic amines) is 1. The molecule has 0 spiro atoms. The molecule has 1 aliphatic heterocycles. The molecule has 0 aromatic carbocycles. The van der Waals surface area contributed by atoms with Crippen molar-refractivity contribution in [3.63, 3.8) is 0 Å². The first-order valence-electron chi connectivity index (χ1n) is 5.06. The number of carbonyl (C=O) groups is 2. The van der Waals surface area contributed by atoms with Crippen molar-refractivity contribution >= 4 is 12.0 Å². The first-order valence-corrected chi connectivity index (χ1v) is 5.06. The van der Waals surface area contributed by atoms with E-state index in [4.69, 9.17) is 5.11 Å². The van der Waals surface area contributed by atoms with E-state index in [2.05, 4.69) is 0 Å². The lowest BCUT2D eigenvalue weighted by atomic mass is 9.80. The van der Waals surface area contributed by atoms with Crippen LogP contribution in [0.25, 0.3) is 0 Å². The van der Waals surface area contributed by atoms with E-state index in [-0.39, 0.29) is 6.03 Å². The second-order valence-corrected chi connectivity index (χ2v) is 4.53. The number of rotatable bonds is 1. The van der Waals surface area contributed by atoms with E-state index in [1.807, 2.05) is 0 Å². The van der Waals surface area contributed by atoms with Gasteiger partial charge in [0, 0.05) is 27.2 Å². The van der Waals surface area contributed by atoms with Crippen molar-refractivity contribution in [1.82, 2.24) is 9.80 Å². The van der Waals surface area contributed by atoms with Gasteiger partial charge in [-0.25, -0.2) is 4.79 Å². The van der Waals surface area contributed by atoms with Crippen molar-refractivity contribution in [2.45, 2.75) is 19.8 Å². The Kier molecular flexibility index (Phi) is 3.21. The van der Waals surface area contributed by atoms with Crippen molar-refractivity contribution in [3.8, 4) is 0 Å². The maximum Gasteiger partial charge on any atom is 0.319 e. The van der Waals surface area contributed by atoms with Gasteiger partial charge in [0.2, 0.25) is 0 Å². The van der Waals surface area contributed by atoms with Crippen LogP contribution in [0.3, 0.4) is 0 Å². The minimum absolute atomic E-state index is 0.0394. The molecular formula is C10H18N2O3. The van der Waals surface area contributed by atoms with Crippen LogP contribution in [0.15, 0.2) is 0 Å². The van der Waals surface area contributed by atoms with Gasteiger partial charge in [0.1, 0.15) is 0 Å². The van der Waals surface area contributed by atoms with Gasteiger partial charge in [-0.15, -0.1) is 0 Å². The largest absolute Gasteiger partial charge is 0.481 e. The van der Waals surface area contributed by atoms with Gasteiger partial charge in [-0.3, -0.25) is 4.79 Å². The fraction of sp³-hybridized carbons (Fsp3) is 0.800. The number of carboxylic acid groups (broad SMARTS) is 1. The highest BCUT2D eigenvalue weighted by Crippen LogP contribution is 2.31. The average molecular weight is 214 g/mol. The lowest BCUT2D eigenvalue weighted by Gasteiger charge is -2.37. The Hall–Kier alpha value is -1.26. The fourth-order valence-corrected chi connectivity index (χ4v) is 1.69. The van der Waals surface area contributed by atoms with Crippen LogP contribution in [0.1, 0.15) is 19.8 Å². The van der Waals surface area contributed by atoms with Crippen LogP contribution in [0, 0.1) is 5.41 Å². The first kappa shape index (κ1) is 11.8. The number of hydrogen-bond donors (Lipinski definition) is 1. The molecule has 1 saturated heterocycles. The fourth-order valence-electron chi connectivity index (χ4n) is 1.69. The van der Waals surface area contributed by atoms with Crippen molar-refractivity contribution in [1.29, 1.82) is 0 Å². The van der Waals surface area contributed by atoms with Crippen LogP contribution in [-0.4, -0.2) is 54.1 Å². The van der Waals surface area contributed by atoms with Gasteiger partial charge in [-0.1, -0.05) is 0 Å². The van der Waals surface area contributed by atoms with Crippen molar-refractivity contribution in [2.24, 2.45) is 5.41 Å². The number of carboxylic acids is 1. The molecule has 1 fully saturated rings. The van der Waals surface area contributed by atoms with E-state index in [9.17, 15) is 9.59 Å². The van der Waals surface area contributed by atoms with E-state index in [0.717, 1.165) is 0 Å². The van der Waals surface area contributed by atoms with Crippen LogP contribution >= 0.6 is 0 Å². The summed E-state index contributed by atoms with van der Waals surface area (Å²) in [7, 11) is 3.40. The Morgan fingerprint density at radius 2 is 1.73 bits per heavy atom. The van der Waals surface area contributed by atoms with Gasteiger partial charge in [0.25, 0.3) is 0 Å². The molecule has 0 aliphatic carbocycles. The molecule has 0 atom stereocenters. The highest BCUT2D eigenvalue weighted by molar-refractivity contribution is 5.76. The van der Waals surface area contributed by atoms with E-state index >= 15 is 0 Å². The molecule has 15 heavy (non-hydrogen) atoms. The molecule has 0 saturated carbocycles. The third-order valence-corrected chi connectivity index (χ3v) is 3.04. The number of piperidine rings is 1. The minimum atomic E-state index is -0.764. The molecule has 0 bridgehead atoms. The predicted molar refractivity (Wildman–Crippen MR) is 55.6 cm³/mol. The molecular weight excluding hydrogens is 196 g/mol. The number of hydrogen-bond acceptors (Lipinski definition) is 2. The Balaban J connectivity index is 2.56. The SMILES string of the molecule is CN(C)C(=O)N1CCC(C)(C(=O)O)CC1. The van der Waals surface area contributed by atoms with Crippen LogP contribution < -0.4 is 0 Å². The van der Waals surface area contributed by atoms with Gasteiger partial charge in [-0.05, 0) is 19.8 Å². The highest BCUT2D eigenvalue weighted by atomic mass is 16.4. The van der Waals surface area contributed by atoms with Gasteiger partial charge in [0.05, 0.1) is 5.41 Å². The predicted octanol–water partition coefficient (Wildman–Crippen LogP) is 0.855. The molecule has 0 radical (unpaired) electrons. The lowest BCUT2D eigenvalue weighted by molar-refractivity contribution is -0.150. The van der Waals surface area contributed by atoms with E-state index in [1.54, 1.807) is 25.9 Å². The molecule has 1 rings (SSSR count). The van der Waals surface area contributed by atoms with Gasteiger partial charge in [-0.2, -0.15) is 0 Å². The summed E-state index contributed by atoms with van der Waals surface area (Å²) in [5.74, 6) is -0.764. The third-order valence-electron chi connectivity index (χ3n) is 3.04. The molecule has 5 heteroatoms. The molecule has 0 aromatic heterocycles. The summed E-state index contributed by atoms with van der Waals surface area (Å²) < 4.78 is 0. The van der Waals surface area contributed by atoms with Crippen LogP contribution in [0.4, 0.5) is 4.79 Å². The second kappa shape index (κ2) is 4.08. The summed E-state index contributed by atoms with van der Waals surface area (Å²) in [6, 6.07) is -0.0394. The van der Waals surface area contributed by atoms with Crippen LogP contribution in [0.2, 0.25) is 0 Å². The number of amides is 2. The molecule has 1 heterocycles. The maximum atomic E-state index is 11.6. The highest BCUT2D eigenvalue weighted by Gasteiger charge is 2.38. The van der Waals surface area contributed by atoms with Gasteiger partial charge < -0.3 is 14.9 Å². The molecule has 86 valence electrons. The van der Waals surface area contributed by atoms with Gasteiger partial charge >= 0.3 is 12.0 Å². The Labute approximate surface area is 89.7 Å². The zero-order valence-electron chi connectivity index (χ0n) is 9.49. The molecule has 1 N–H and O–H groups in total. The molecule has 0 unspecified atom stereocenters. The normalized spacial score (nSPS) is 19.8. The summed E-state index contributed by atoms with van der Waals surface area (Å²) in [6.45, 7) is 2.80. The van der Waals surface area contributed by atoms with Crippen molar-refractivity contribution in [3.05, 3.63) is 0 Å². The summed E-state index contributed by atoms with van der Waals surface area (Å²) in [5.41, 5.74) is -0.664. The molecule has 2 amide bonds. The van der Waals surface area contributed by atoms with Crippen LogP contribution in [0.5, 0.6) is 0 Å². The lowest BCUT2D eigenvalue weighted by Crippen LogP contribution is -2.48. The second-order valence-electron chi connectivity index (χ2n) is 4.53. The number of carbonyl (C=O) groups excluding carboxylic acids is 1. The summed E-state index contributed by atoms with van der Waals surface area (Å²) in [5, 5.41) is 9.02. The number of aliphatic carboxylic acids is 1. The van der Waals surface area contributed by atoms with Crippen molar-refractivity contribution in [2.75, 3.05) is 27.2 Å². The molecule has 5 nitrogen and oxygen atoms in total. The van der Waals surface area contributed by atoms with E-state index in [0.29, 0.717) is 25.9 Å². The quantitative estimate of drug-likeness (QED) is 0.704. The van der Waals surface area contributed by atoms with E-state index in [1.165, 1.54) is 4.90 Å². The Morgan fingerprint density at radius 3 is 2.07 bits per heavy atom. The standard InChI is InChI=1S/C10H18N2O3/c1-10(8(13)14)4-6-12(7-5-10)9(15)11(2)3/h4-7H2,1-3H3,(H,13,14). The summed E-state index contributed by atoms with van der Waals surface area (Å²) in [4.78, 5) is 25.8. The molecule has 0 aromatic rings. The van der Waals surface area contributed by atoms with Gasteiger partial charge in [0.15, 0.2) is 0 Å². The third kappa shape index (κ3) is 2.40. The maximum absolute atomic E-state index is 11.6. The van der Waals surface area contributed by atoms with Crippen LogP contribution in [-0.2, 0) is 4.79 Å². The first-order chi connectivity index (χ1) is 6.87. The monoisotopic (exact) mass is 214 g/mol. The zero-order chi connectivity index (χ0) is 11.6. The minimum Gasteiger partial charge on any atom is -0.481 e. The van der Waals surface area contributed by atoms with E-state index < -0.39 is 11.4 Å². The zero-order valence-corrected chi connectivity index (χ0v) is 9.49. The molecule has 1 aliphatic rings. The number of nitrogens with zero attached hydrogens (tertiary/aromatic N) is 2. The Morgan fingerprint density at radius 1 is 1.27 bits per heavy atom.